The number of rotatable bonds is 5. The summed E-state index contributed by atoms with van der Waals surface area (Å²) in [6, 6.07) is 7.16. The van der Waals surface area contributed by atoms with Gasteiger partial charge in [0.05, 0.1) is 0 Å². The van der Waals surface area contributed by atoms with Crippen molar-refractivity contribution in [1.29, 1.82) is 0 Å². The van der Waals surface area contributed by atoms with Gasteiger partial charge in [-0.15, -0.1) is 5.10 Å². The quantitative estimate of drug-likeness (QED) is 0.535. The van der Waals surface area contributed by atoms with Crippen LogP contribution in [0.3, 0.4) is 0 Å². The van der Waals surface area contributed by atoms with Crippen molar-refractivity contribution < 1.29 is 9.32 Å². The van der Waals surface area contributed by atoms with E-state index in [0.717, 1.165) is 11.1 Å². The van der Waals surface area contributed by atoms with Gasteiger partial charge in [-0.2, -0.15) is 9.97 Å². The first kappa shape index (κ1) is 18.5. The van der Waals surface area contributed by atoms with Crippen molar-refractivity contribution in [2.45, 2.75) is 26.7 Å². The minimum atomic E-state index is -0.377. The number of carbonyl (C=O) groups excluding carboxylic acids is 1. The summed E-state index contributed by atoms with van der Waals surface area (Å²) in [6.45, 7) is 6.30. The fourth-order valence-electron chi connectivity index (χ4n) is 2.77. The van der Waals surface area contributed by atoms with E-state index in [9.17, 15) is 4.79 Å². The van der Waals surface area contributed by atoms with E-state index in [-0.39, 0.29) is 17.9 Å². The molecule has 2 N–H and O–H groups in total. The van der Waals surface area contributed by atoms with Crippen molar-refractivity contribution in [2.75, 3.05) is 11.9 Å². The molecule has 0 unspecified atom stereocenters. The van der Waals surface area contributed by atoms with Crippen molar-refractivity contribution in [3.05, 3.63) is 42.5 Å². The maximum absolute atomic E-state index is 11.9. The van der Waals surface area contributed by atoms with E-state index in [4.69, 9.17) is 4.52 Å². The third-order valence-electron chi connectivity index (χ3n) is 4.17. The lowest BCUT2D eigenvalue weighted by Gasteiger charge is -2.05. The number of fused-ring (bicyclic) bond motifs is 1. The predicted octanol–water partition coefficient (Wildman–Crippen LogP) is 3.11. The van der Waals surface area contributed by atoms with Crippen LogP contribution in [-0.4, -0.2) is 42.3 Å². The van der Waals surface area contributed by atoms with E-state index >= 15 is 0 Å². The minimum absolute atomic E-state index is 0.121. The Balaban J connectivity index is 1.85. The average molecular weight is 392 g/mol. The Morgan fingerprint density at radius 3 is 2.79 bits per heavy atom. The molecule has 0 radical (unpaired) electrons. The molecular formula is C19H20N8O2. The molecule has 0 atom stereocenters. The molecule has 4 aromatic rings. The third-order valence-corrected chi connectivity index (χ3v) is 4.17. The van der Waals surface area contributed by atoms with Gasteiger partial charge in [-0.25, -0.2) is 9.31 Å². The first-order valence-electron chi connectivity index (χ1n) is 9.25. The largest absolute Gasteiger partial charge is 0.338 e. The zero-order valence-corrected chi connectivity index (χ0v) is 16.2. The molecule has 10 nitrogen and oxygen atoms in total. The highest BCUT2D eigenvalue weighted by molar-refractivity contribution is 5.87. The maximum atomic E-state index is 11.9. The number of hydrogen-bond acceptors (Lipinski definition) is 7. The average Bonchev–Trinajstić information content (AvgIpc) is 3.35. The summed E-state index contributed by atoms with van der Waals surface area (Å²) in [6.07, 6.45) is 3.47. The number of urea groups is 1. The van der Waals surface area contributed by atoms with Gasteiger partial charge >= 0.3 is 6.03 Å². The first-order chi connectivity index (χ1) is 14.0. The van der Waals surface area contributed by atoms with E-state index < -0.39 is 0 Å². The molecule has 0 aromatic carbocycles. The van der Waals surface area contributed by atoms with Crippen molar-refractivity contribution in [2.24, 2.45) is 0 Å². The van der Waals surface area contributed by atoms with Gasteiger partial charge in [0.25, 0.3) is 11.8 Å². The van der Waals surface area contributed by atoms with E-state index in [2.05, 4.69) is 35.8 Å². The summed E-state index contributed by atoms with van der Waals surface area (Å²) in [5.41, 5.74) is 2.86. The van der Waals surface area contributed by atoms with Crippen LogP contribution in [0.15, 0.2) is 41.2 Å². The molecular weight excluding hydrogens is 372 g/mol. The van der Waals surface area contributed by atoms with Crippen molar-refractivity contribution in [1.82, 2.24) is 35.0 Å². The highest BCUT2D eigenvalue weighted by Gasteiger charge is 2.19. The summed E-state index contributed by atoms with van der Waals surface area (Å²) in [4.78, 5) is 24.9. The van der Waals surface area contributed by atoms with Gasteiger partial charge in [0, 0.05) is 30.4 Å². The van der Waals surface area contributed by atoms with Gasteiger partial charge in [-0.1, -0.05) is 25.1 Å². The Bertz CT molecular complexity index is 1150. The Morgan fingerprint density at radius 1 is 1.24 bits per heavy atom. The molecule has 0 saturated carbocycles. The predicted molar refractivity (Wildman–Crippen MR) is 106 cm³/mol. The Morgan fingerprint density at radius 2 is 2.10 bits per heavy atom. The van der Waals surface area contributed by atoms with Gasteiger partial charge in [0.2, 0.25) is 0 Å². The standard InChI is InChI=1S/C19H20N8O2/c1-4-21-19(28)24-18-22-15-9-13(12-6-5-7-20-10-12)8-14(27(15)25-18)17-23-16(11(2)3)26-29-17/h5-11H,4H2,1-3H3,(H2,21,24,25,28). The van der Waals surface area contributed by atoms with Crippen LogP contribution in [0.1, 0.15) is 32.5 Å². The molecule has 2 amide bonds. The molecule has 0 aliphatic rings. The normalized spacial score (nSPS) is 11.2. The zero-order valence-electron chi connectivity index (χ0n) is 16.2. The SMILES string of the molecule is CCNC(=O)Nc1nc2cc(-c3cccnc3)cc(-c3nc(C(C)C)no3)n2n1. The fraction of sp³-hybridized carbons (Fsp3) is 0.263. The molecule has 0 spiro atoms. The minimum Gasteiger partial charge on any atom is -0.338 e. The number of carbonyl (C=O) groups is 1. The van der Waals surface area contributed by atoms with Gasteiger partial charge in [0.15, 0.2) is 11.5 Å². The monoisotopic (exact) mass is 392 g/mol. The number of nitrogens with one attached hydrogen (secondary N) is 2. The number of amides is 2. The molecule has 4 rings (SSSR count). The number of anilines is 1. The molecule has 29 heavy (non-hydrogen) atoms. The van der Waals surface area contributed by atoms with E-state index in [1.807, 2.05) is 45.0 Å². The number of aromatic nitrogens is 6. The van der Waals surface area contributed by atoms with E-state index in [1.165, 1.54) is 0 Å². The van der Waals surface area contributed by atoms with Gasteiger partial charge in [0.1, 0.15) is 5.69 Å². The van der Waals surface area contributed by atoms with Crippen LogP contribution in [0.5, 0.6) is 0 Å². The second-order valence-electron chi connectivity index (χ2n) is 6.67. The summed E-state index contributed by atoms with van der Waals surface area (Å²) in [5, 5.41) is 13.7. The Kier molecular flexibility index (Phi) is 4.90. The lowest BCUT2D eigenvalue weighted by atomic mass is 10.1. The van der Waals surface area contributed by atoms with Crippen LogP contribution in [0.2, 0.25) is 0 Å². The Hall–Kier alpha value is -3.82. The van der Waals surface area contributed by atoms with Crippen molar-refractivity contribution >= 4 is 17.6 Å². The highest BCUT2D eigenvalue weighted by Crippen LogP contribution is 2.28. The number of pyridine rings is 2. The topological polar surface area (TPSA) is 123 Å². The molecule has 0 aliphatic carbocycles. The van der Waals surface area contributed by atoms with Crippen LogP contribution < -0.4 is 10.6 Å². The second kappa shape index (κ2) is 7.66. The molecule has 0 fully saturated rings. The zero-order chi connectivity index (χ0) is 20.4. The number of hydrogen-bond donors (Lipinski definition) is 2. The van der Waals surface area contributed by atoms with Crippen LogP contribution in [0.25, 0.3) is 28.4 Å². The second-order valence-corrected chi connectivity index (χ2v) is 6.67. The van der Waals surface area contributed by atoms with E-state index in [0.29, 0.717) is 29.6 Å². The van der Waals surface area contributed by atoms with Gasteiger partial charge < -0.3 is 9.84 Å². The molecule has 0 aliphatic heterocycles. The smallest absolute Gasteiger partial charge is 0.321 e. The summed E-state index contributed by atoms with van der Waals surface area (Å²) in [7, 11) is 0. The molecule has 0 bridgehead atoms. The Labute approximate surface area is 166 Å². The van der Waals surface area contributed by atoms with Crippen LogP contribution >= 0.6 is 0 Å². The van der Waals surface area contributed by atoms with Gasteiger partial charge in [-0.3, -0.25) is 10.3 Å². The van der Waals surface area contributed by atoms with Crippen LogP contribution in [-0.2, 0) is 0 Å². The lowest BCUT2D eigenvalue weighted by Crippen LogP contribution is -2.28. The van der Waals surface area contributed by atoms with Crippen LogP contribution in [0.4, 0.5) is 10.7 Å². The summed E-state index contributed by atoms with van der Waals surface area (Å²) in [5.74, 6) is 1.21. The van der Waals surface area contributed by atoms with Gasteiger partial charge in [-0.05, 0) is 30.7 Å². The summed E-state index contributed by atoms with van der Waals surface area (Å²) < 4.78 is 7.04. The third kappa shape index (κ3) is 3.77. The van der Waals surface area contributed by atoms with Crippen molar-refractivity contribution in [3.63, 3.8) is 0 Å². The lowest BCUT2D eigenvalue weighted by molar-refractivity contribution is 0.252. The molecule has 0 saturated heterocycles. The summed E-state index contributed by atoms with van der Waals surface area (Å²) >= 11 is 0. The highest BCUT2D eigenvalue weighted by atomic mass is 16.5. The maximum Gasteiger partial charge on any atom is 0.321 e. The fourth-order valence-corrected chi connectivity index (χ4v) is 2.77. The molecule has 4 heterocycles. The first-order valence-corrected chi connectivity index (χ1v) is 9.25. The molecule has 10 heteroatoms. The molecule has 148 valence electrons. The van der Waals surface area contributed by atoms with Crippen LogP contribution in [0, 0.1) is 0 Å². The van der Waals surface area contributed by atoms with Crippen molar-refractivity contribution in [3.8, 4) is 22.7 Å². The van der Waals surface area contributed by atoms with E-state index in [1.54, 1.807) is 16.9 Å². The number of nitrogens with zero attached hydrogens (tertiary/aromatic N) is 6. The molecule has 4 aromatic heterocycles.